The van der Waals surface area contributed by atoms with Crippen LogP contribution in [0, 0.1) is 19.3 Å². The molecule has 0 saturated carbocycles. The summed E-state index contributed by atoms with van der Waals surface area (Å²) in [5.74, 6) is 2.07. The topological polar surface area (TPSA) is 77.5 Å². The van der Waals surface area contributed by atoms with Crippen molar-refractivity contribution in [2.75, 3.05) is 18.1 Å². The molecule has 0 aliphatic carbocycles. The van der Waals surface area contributed by atoms with Gasteiger partial charge in [-0.25, -0.2) is 8.42 Å². The number of aryl methyl sites for hydroxylation is 1. The van der Waals surface area contributed by atoms with Gasteiger partial charge in [0, 0.05) is 0 Å². The highest BCUT2D eigenvalue weighted by atomic mass is 32.2. The third kappa shape index (κ3) is 7.64. The third-order valence-corrected chi connectivity index (χ3v) is 6.34. The quantitative estimate of drug-likeness (QED) is 0.364. The fourth-order valence-electron chi connectivity index (χ4n) is 1.97. The predicted octanol–water partition coefficient (Wildman–Crippen LogP) is 2.31. The minimum absolute atomic E-state index is 0.0659. The average molecular weight is 358 g/mol. The van der Waals surface area contributed by atoms with Crippen LogP contribution in [0.1, 0.15) is 31.2 Å². The Morgan fingerprint density at radius 1 is 0.957 bits per heavy atom. The van der Waals surface area contributed by atoms with Crippen molar-refractivity contribution in [1.29, 1.82) is 0 Å². The van der Waals surface area contributed by atoms with Gasteiger partial charge in [-0.15, -0.1) is 6.42 Å². The molecular weight excluding hydrogens is 336 g/mol. The van der Waals surface area contributed by atoms with E-state index in [1.807, 2.05) is 6.92 Å². The van der Waals surface area contributed by atoms with Gasteiger partial charge < -0.3 is 0 Å². The lowest BCUT2D eigenvalue weighted by atomic mass is 10.2. The van der Waals surface area contributed by atoms with E-state index in [9.17, 15) is 16.8 Å². The minimum Gasteiger partial charge on any atom is -0.257 e. The van der Waals surface area contributed by atoms with Crippen molar-refractivity contribution in [2.24, 2.45) is 0 Å². The Morgan fingerprint density at radius 2 is 1.52 bits per heavy atom. The lowest BCUT2D eigenvalue weighted by Gasteiger charge is -2.05. The van der Waals surface area contributed by atoms with Crippen molar-refractivity contribution in [3.05, 3.63) is 29.8 Å². The number of benzene rings is 1. The first-order valence-electron chi connectivity index (χ1n) is 7.37. The Morgan fingerprint density at radius 3 is 2.09 bits per heavy atom. The van der Waals surface area contributed by atoms with E-state index in [1.165, 1.54) is 0 Å². The van der Waals surface area contributed by atoms with Gasteiger partial charge in [0.1, 0.15) is 6.61 Å². The van der Waals surface area contributed by atoms with Gasteiger partial charge in [0.2, 0.25) is 0 Å². The van der Waals surface area contributed by atoms with E-state index in [4.69, 9.17) is 6.42 Å². The second kappa shape index (κ2) is 9.06. The van der Waals surface area contributed by atoms with Gasteiger partial charge in [0.15, 0.2) is 9.84 Å². The van der Waals surface area contributed by atoms with E-state index in [1.54, 1.807) is 24.3 Å². The highest BCUT2D eigenvalue weighted by Gasteiger charge is 2.14. The van der Waals surface area contributed by atoms with Crippen LogP contribution in [-0.2, 0) is 24.1 Å². The molecule has 7 heteroatoms. The lowest BCUT2D eigenvalue weighted by Crippen LogP contribution is -2.11. The van der Waals surface area contributed by atoms with Crippen molar-refractivity contribution < 1.29 is 21.0 Å². The van der Waals surface area contributed by atoms with Crippen LogP contribution in [0.15, 0.2) is 29.2 Å². The Labute approximate surface area is 139 Å². The molecule has 0 aliphatic rings. The molecule has 23 heavy (non-hydrogen) atoms. The van der Waals surface area contributed by atoms with Gasteiger partial charge in [-0.3, -0.25) is 4.18 Å². The zero-order valence-corrected chi connectivity index (χ0v) is 14.8. The molecule has 0 saturated heterocycles. The summed E-state index contributed by atoms with van der Waals surface area (Å²) in [6, 6.07) is 6.77. The van der Waals surface area contributed by atoms with Gasteiger partial charge in [0.05, 0.1) is 16.4 Å². The summed E-state index contributed by atoms with van der Waals surface area (Å²) in [5, 5.41) is 0. The first-order chi connectivity index (χ1) is 10.8. The number of rotatable bonds is 10. The molecule has 128 valence electrons. The summed E-state index contributed by atoms with van der Waals surface area (Å²) in [6.07, 6.45) is 7.14. The summed E-state index contributed by atoms with van der Waals surface area (Å²) >= 11 is 0. The first kappa shape index (κ1) is 19.7. The number of hydrogen-bond acceptors (Lipinski definition) is 5. The molecule has 0 bridgehead atoms. The first-order valence-corrected chi connectivity index (χ1v) is 10.6. The van der Waals surface area contributed by atoms with Crippen molar-refractivity contribution in [3.8, 4) is 12.3 Å². The number of sulfone groups is 1. The van der Waals surface area contributed by atoms with Crippen molar-refractivity contribution in [1.82, 2.24) is 0 Å². The summed E-state index contributed by atoms with van der Waals surface area (Å²) in [5.41, 5.74) is 1.01. The maximum atomic E-state index is 12.1. The summed E-state index contributed by atoms with van der Waals surface area (Å²) in [4.78, 5) is 0.327. The Bertz CT molecular complexity index is 726. The Kier molecular flexibility index (Phi) is 7.76. The van der Waals surface area contributed by atoms with Crippen LogP contribution in [0.2, 0.25) is 0 Å². The zero-order chi connectivity index (χ0) is 17.3. The predicted molar refractivity (Wildman–Crippen MR) is 90.3 cm³/mol. The fraction of sp³-hybridized carbons (Fsp3) is 0.500. The number of hydrogen-bond donors (Lipinski definition) is 0. The van der Waals surface area contributed by atoms with E-state index >= 15 is 0 Å². The molecule has 0 radical (unpaired) electrons. The van der Waals surface area contributed by atoms with Crippen molar-refractivity contribution >= 4 is 20.0 Å². The highest BCUT2D eigenvalue weighted by Crippen LogP contribution is 2.14. The van der Waals surface area contributed by atoms with Crippen molar-refractivity contribution in [2.45, 2.75) is 37.5 Å². The highest BCUT2D eigenvalue weighted by molar-refractivity contribution is 7.91. The van der Waals surface area contributed by atoms with Gasteiger partial charge in [0.25, 0.3) is 10.1 Å². The van der Waals surface area contributed by atoms with Crippen LogP contribution in [0.25, 0.3) is 0 Å². The van der Waals surface area contributed by atoms with Crippen LogP contribution in [0.4, 0.5) is 0 Å². The maximum Gasteiger partial charge on any atom is 0.268 e. The van der Waals surface area contributed by atoms with Crippen LogP contribution in [0.3, 0.4) is 0 Å². The smallest absolute Gasteiger partial charge is 0.257 e. The van der Waals surface area contributed by atoms with Crippen LogP contribution in [-0.4, -0.2) is 34.9 Å². The monoisotopic (exact) mass is 358 g/mol. The molecule has 1 rings (SSSR count). The average Bonchev–Trinajstić information content (AvgIpc) is 2.49. The molecular formula is C16H22O5S2. The molecule has 0 atom stereocenters. The van der Waals surface area contributed by atoms with Gasteiger partial charge >= 0.3 is 0 Å². The number of unbranched alkanes of at least 4 members (excludes halogenated alkanes) is 3. The molecule has 0 amide bonds. The molecule has 1 aromatic carbocycles. The molecule has 0 aromatic heterocycles. The Hall–Kier alpha value is -1.36. The third-order valence-electron chi connectivity index (χ3n) is 3.26. The van der Waals surface area contributed by atoms with Crippen LogP contribution in [0.5, 0.6) is 0 Å². The van der Waals surface area contributed by atoms with E-state index in [0.717, 1.165) is 5.56 Å². The summed E-state index contributed by atoms with van der Waals surface area (Å²) < 4.78 is 51.5. The van der Waals surface area contributed by atoms with E-state index < -0.39 is 20.0 Å². The molecule has 1 aromatic rings. The molecule has 0 fully saturated rings. The molecule has 0 unspecified atom stereocenters. The Balaban J connectivity index is 2.30. The maximum absolute atomic E-state index is 12.1. The summed E-state index contributed by atoms with van der Waals surface area (Å²) in [6.45, 7) is 1.65. The van der Waals surface area contributed by atoms with E-state index in [0.29, 0.717) is 30.6 Å². The van der Waals surface area contributed by atoms with Gasteiger partial charge in [-0.1, -0.05) is 36.5 Å². The lowest BCUT2D eigenvalue weighted by molar-refractivity contribution is 0.362. The van der Waals surface area contributed by atoms with Gasteiger partial charge in [-0.2, -0.15) is 8.42 Å². The second-order valence-corrected chi connectivity index (χ2v) is 9.14. The van der Waals surface area contributed by atoms with E-state index in [2.05, 4.69) is 10.1 Å². The van der Waals surface area contributed by atoms with Crippen LogP contribution < -0.4 is 0 Å². The zero-order valence-electron chi connectivity index (χ0n) is 13.2. The van der Waals surface area contributed by atoms with Crippen LogP contribution >= 0.6 is 0 Å². The molecule has 5 nitrogen and oxygen atoms in total. The standard InChI is InChI=1S/C16H22O5S2/c1-3-12-21-23(19,20)14-7-5-4-6-13-22(17,18)16-10-8-15(2)9-11-16/h1,8-11H,4-7,12-14H2,2H3. The minimum atomic E-state index is -3.57. The second-order valence-electron chi connectivity index (χ2n) is 5.27. The molecule has 0 spiro atoms. The molecule has 0 aliphatic heterocycles. The fourth-order valence-corrected chi connectivity index (χ4v) is 4.26. The SMILES string of the molecule is C#CCOS(=O)(=O)CCCCCCS(=O)(=O)c1ccc(C)cc1. The normalized spacial score (nSPS) is 12.0. The summed E-state index contributed by atoms with van der Waals surface area (Å²) in [7, 11) is -6.84. The number of terminal acetylenes is 1. The van der Waals surface area contributed by atoms with Crippen molar-refractivity contribution in [3.63, 3.8) is 0 Å². The largest absolute Gasteiger partial charge is 0.268 e. The van der Waals surface area contributed by atoms with Gasteiger partial charge in [-0.05, 0) is 31.9 Å². The molecule has 0 heterocycles. The van der Waals surface area contributed by atoms with E-state index in [-0.39, 0.29) is 18.1 Å². The molecule has 0 N–H and O–H groups in total.